The Kier molecular flexibility index (Phi) is 7.60. The van der Waals surface area contributed by atoms with E-state index < -0.39 is 0 Å². The van der Waals surface area contributed by atoms with Gasteiger partial charge >= 0.3 is 0 Å². The van der Waals surface area contributed by atoms with Gasteiger partial charge in [0.2, 0.25) is 0 Å². The molecule has 1 rings (SSSR count). The average molecular weight is 301 g/mol. The van der Waals surface area contributed by atoms with Crippen LogP contribution in [0.3, 0.4) is 0 Å². The van der Waals surface area contributed by atoms with Crippen LogP contribution < -0.4 is 0 Å². The first-order valence-electron chi connectivity index (χ1n) is 7.85. The Hall–Kier alpha value is -0.540. The molecular weight excluding hydrogens is 272 g/mol. The van der Waals surface area contributed by atoms with Crippen molar-refractivity contribution in [2.45, 2.75) is 65.8 Å². The molecule has 0 aliphatic carbocycles. The summed E-state index contributed by atoms with van der Waals surface area (Å²) in [5.41, 5.74) is 3.67. The second-order valence-corrected chi connectivity index (χ2v) is 6.11. The lowest BCUT2D eigenvalue weighted by Gasteiger charge is -2.12. The SMILES string of the molecule is CCc1nn(CCOCC(C)C)c(CC)c1C(Cl)CC. The molecular formula is C16H29ClN2O. The highest BCUT2D eigenvalue weighted by atomic mass is 35.5. The fraction of sp³-hybridized carbons (Fsp3) is 0.812. The van der Waals surface area contributed by atoms with Crippen LogP contribution in [0.15, 0.2) is 0 Å². The van der Waals surface area contributed by atoms with E-state index in [0.717, 1.165) is 38.1 Å². The van der Waals surface area contributed by atoms with Crippen molar-refractivity contribution < 1.29 is 4.74 Å². The second-order valence-electron chi connectivity index (χ2n) is 5.58. The van der Waals surface area contributed by atoms with E-state index in [2.05, 4.69) is 39.3 Å². The molecule has 0 saturated heterocycles. The molecule has 20 heavy (non-hydrogen) atoms. The monoisotopic (exact) mass is 300 g/mol. The standard InChI is InChI=1S/C16H29ClN2O/c1-6-13(17)16-14(7-2)18-19(15(16)8-3)9-10-20-11-12(4)5/h12-13H,6-11H2,1-5H3. The van der Waals surface area contributed by atoms with Crippen LogP contribution in [0, 0.1) is 5.92 Å². The molecule has 4 heteroatoms. The molecule has 3 nitrogen and oxygen atoms in total. The largest absolute Gasteiger partial charge is 0.379 e. The van der Waals surface area contributed by atoms with E-state index in [1.807, 2.05) is 0 Å². The zero-order valence-corrected chi connectivity index (χ0v) is 14.3. The highest BCUT2D eigenvalue weighted by molar-refractivity contribution is 6.20. The van der Waals surface area contributed by atoms with Crippen LogP contribution >= 0.6 is 11.6 Å². The van der Waals surface area contributed by atoms with Gasteiger partial charge in [0.05, 0.1) is 24.2 Å². The van der Waals surface area contributed by atoms with Gasteiger partial charge in [-0.2, -0.15) is 5.10 Å². The second kappa shape index (κ2) is 8.68. The Morgan fingerprint density at radius 1 is 1.20 bits per heavy atom. The topological polar surface area (TPSA) is 27.1 Å². The van der Waals surface area contributed by atoms with Gasteiger partial charge in [0.15, 0.2) is 0 Å². The summed E-state index contributed by atoms with van der Waals surface area (Å²) in [4.78, 5) is 0. The van der Waals surface area contributed by atoms with Gasteiger partial charge in [-0.25, -0.2) is 0 Å². The van der Waals surface area contributed by atoms with Crippen molar-refractivity contribution in [1.82, 2.24) is 9.78 Å². The summed E-state index contributed by atoms with van der Waals surface area (Å²) in [6, 6.07) is 0. The minimum absolute atomic E-state index is 0.0743. The first-order valence-corrected chi connectivity index (χ1v) is 8.28. The molecule has 1 aromatic heterocycles. The summed E-state index contributed by atoms with van der Waals surface area (Å²) >= 11 is 6.49. The summed E-state index contributed by atoms with van der Waals surface area (Å²) in [7, 11) is 0. The van der Waals surface area contributed by atoms with E-state index in [9.17, 15) is 0 Å². The molecule has 0 radical (unpaired) electrons. The smallest absolute Gasteiger partial charge is 0.0671 e. The van der Waals surface area contributed by atoms with Crippen molar-refractivity contribution in [1.29, 1.82) is 0 Å². The molecule has 0 aliphatic heterocycles. The maximum Gasteiger partial charge on any atom is 0.0671 e. The number of ether oxygens (including phenoxy) is 1. The predicted octanol–water partition coefficient (Wildman–Crippen LogP) is 4.37. The highest BCUT2D eigenvalue weighted by Gasteiger charge is 2.20. The lowest BCUT2D eigenvalue weighted by atomic mass is 10.0. The summed E-state index contributed by atoms with van der Waals surface area (Å²) in [5, 5.41) is 4.81. The Morgan fingerprint density at radius 2 is 1.90 bits per heavy atom. The summed E-state index contributed by atoms with van der Waals surface area (Å²) in [5.74, 6) is 0.576. The van der Waals surface area contributed by atoms with E-state index in [1.165, 1.54) is 11.3 Å². The van der Waals surface area contributed by atoms with E-state index >= 15 is 0 Å². The van der Waals surface area contributed by atoms with Gasteiger partial charge in [-0.3, -0.25) is 4.68 Å². The van der Waals surface area contributed by atoms with Crippen molar-refractivity contribution >= 4 is 11.6 Å². The molecule has 0 amide bonds. The number of nitrogens with zero attached hydrogens (tertiary/aromatic N) is 2. The molecule has 1 unspecified atom stereocenters. The predicted molar refractivity (Wildman–Crippen MR) is 85.5 cm³/mol. The maximum absolute atomic E-state index is 6.49. The normalized spacial score (nSPS) is 13.2. The van der Waals surface area contributed by atoms with E-state index in [4.69, 9.17) is 21.4 Å². The molecule has 1 aromatic rings. The Morgan fingerprint density at radius 3 is 2.40 bits per heavy atom. The number of aromatic nitrogens is 2. The number of rotatable bonds is 9. The third kappa shape index (κ3) is 4.49. The van der Waals surface area contributed by atoms with Crippen LogP contribution in [0.25, 0.3) is 0 Å². The van der Waals surface area contributed by atoms with Crippen LogP contribution in [0.4, 0.5) is 0 Å². The van der Waals surface area contributed by atoms with Gasteiger partial charge in [-0.05, 0) is 25.2 Å². The summed E-state index contributed by atoms with van der Waals surface area (Å²) in [6.45, 7) is 13.1. The fourth-order valence-corrected chi connectivity index (χ4v) is 2.67. The lowest BCUT2D eigenvalue weighted by molar-refractivity contribution is 0.100. The molecule has 0 bridgehead atoms. The van der Waals surface area contributed by atoms with Gasteiger partial charge in [-0.15, -0.1) is 11.6 Å². The van der Waals surface area contributed by atoms with Crippen LogP contribution in [0.5, 0.6) is 0 Å². The van der Waals surface area contributed by atoms with Crippen molar-refractivity contribution in [2.24, 2.45) is 5.92 Å². The molecule has 116 valence electrons. The number of alkyl halides is 1. The average Bonchev–Trinajstić information content (AvgIpc) is 2.80. The molecule has 0 N–H and O–H groups in total. The van der Waals surface area contributed by atoms with Crippen molar-refractivity contribution in [2.75, 3.05) is 13.2 Å². The minimum Gasteiger partial charge on any atom is -0.379 e. The first-order chi connectivity index (χ1) is 9.54. The van der Waals surface area contributed by atoms with Crippen LogP contribution in [0.2, 0.25) is 0 Å². The third-order valence-electron chi connectivity index (χ3n) is 3.41. The number of aryl methyl sites for hydroxylation is 1. The Bertz CT molecular complexity index is 401. The zero-order valence-electron chi connectivity index (χ0n) is 13.6. The van der Waals surface area contributed by atoms with Gasteiger partial charge in [0.25, 0.3) is 0 Å². The van der Waals surface area contributed by atoms with Gasteiger partial charge in [0.1, 0.15) is 0 Å². The number of halogens is 1. The third-order valence-corrected chi connectivity index (χ3v) is 3.94. The van der Waals surface area contributed by atoms with Gasteiger partial charge < -0.3 is 4.74 Å². The maximum atomic E-state index is 6.49. The highest BCUT2D eigenvalue weighted by Crippen LogP contribution is 2.31. The summed E-state index contributed by atoms with van der Waals surface area (Å²) < 4.78 is 7.77. The molecule has 0 aliphatic rings. The molecule has 0 saturated carbocycles. The van der Waals surface area contributed by atoms with E-state index in [0.29, 0.717) is 12.5 Å². The van der Waals surface area contributed by atoms with Crippen molar-refractivity contribution in [3.63, 3.8) is 0 Å². The Labute approximate surface area is 128 Å². The summed E-state index contributed by atoms with van der Waals surface area (Å²) in [6.07, 6.45) is 2.85. The van der Waals surface area contributed by atoms with Crippen LogP contribution in [-0.4, -0.2) is 23.0 Å². The zero-order chi connectivity index (χ0) is 15.1. The molecule has 0 aromatic carbocycles. The van der Waals surface area contributed by atoms with Gasteiger partial charge in [0, 0.05) is 17.9 Å². The quantitative estimate of drug-likeness (QED) is 0.500. The number of hydrogen-bond acceptors (Lipinski definition) is 2. The minimum atomic E-state index is 0.0743. The molecule has 1 heterocycles. The van der Waals surface area contributed by atoms with Crippen molar-refractivity contribution in [3.8, 4) is 0 Å². The fourth-order valence-electron chi connectivity index (χ4n) is 2.42. The molecule has 0 spiro atoms. The Balaban J connectivity index is 2.82. The molecule has 0 fully saturated rings. The van der Waals surface area contributed by atoms with E-state index in [1.54, 1.807) is 0 Å². The first kappa shape index (κ1) is 17.5. The van der Waals surface area contributed by atoms with Crippen molar-refractivity contribution in [3.05, 3.63) is 17.0 Å². The number of hydrogen-bond donors (Lipinski definition) is 0. The van der Waals surface area contributed by atoms with Crippen LogP contribution in [0.1, 0.15) is 63.4 Å². The molecule has 1 atom stereocenters. The van der Waals surface area contributed by atoms with Crippen LogP contribution in [-0.2, 0) is 24.1 Å². The lowest BCUT2D eigenvalue weighted by Crippen LogP contribution is -2.13. The van der Waals surface area contributed by atoms with E-state index in [-0.39, 0.29) is 5.38 Å². The van der Waals surface area contributed by atoms with Gasteiger partial charge in [-0.1, -0.05) is 34.6 Å².